The van der Waals surface area contributed by atoms with E-state index in [4.69, 9.17) is 0 Å². The highest BCUT2D eigenvalue weighted by Crippen LogP contribution is 2.28. The van der Waals surface area contributed by atoms with Gasteiger partial charge in [0.1, 0.15) is 5.82 Å². The molecule has 2 N–H and O–H groups in total. The lowest BCUT2D eigenvalue weighted by atomic mass is 10.2. The first kappa shape index (κ1) is 15.9. The van der Waals surface area contributed by atoms with Gasteiger partial charge in [-0.2, -0.15) is 11.8 Å². The highest BCUT2D eigenvalue weighted by Gasteiger charge is 2.19. The van der Waals surface area contributed by atoms with Gasteiger partial charge < -0.3 is 10.6 Å². The molecular formula is C14H22N4O2S. The topological polar surface area (TPSA) is 80.1 Å². The summed E-state index contributed by atoms with van der Waals surface area (Å²) < 4.78 is 0. The van der Waals surface area contributed by atoms with Crippen molar-refractivity contribution in [2.45, 2.75) is 37.9 Å². The molecule has 0 aliphatic carbocycles. The molecule has 0 aromatic carbocycles. The van der Waals surface area contributed by atoms with E-state index in [2.05, 4.69) is 22.5 Å². The zero-order valence-electron chi connectivity index (χ0n) is 12.3. The number of nitro groups is 1. The summed E-state index contributed by atoms with van der Waals surface area (Å²) in [5.41, 5.74) is 0.0397. The smallest absolute Gasteiger partial charge is 0.311 e. The minimum Gasteiger partial charge on any atom is -0.370 e. The van der Waals surface area contributed by atoms with Crippen LogP contribution in [0, 0.1) is 10.1 Å². The largest absolute Gasteiger partial charge is 0.370 e. The van der Waals surface area contributed by atoms with Crippen LogP contribution in [0.3, 0.4) is 0 Å². The Hall–Kier alpha value is -1.50. The summed E-state index contributed by atoms with van der Waals surface area (Å²) in [4.78, 5) is 15.1. The first-order valence-electron chi connectivity index (χ1n) is 7.45. The van der Waals surface area contributed by atoms with Crippen LogP contribution in [-0.2, 0) is 0 Å². The van der Waals surface area contributed by atoms with E-state index in [0.717, 1.165) is 19.5 Å². The van der Waals surface area contributed by atoms with Gasteiger partial charge in [0.2, 0.25) is 5.82 Å². The Labute approximate surface area is 129 Å². The first-order valence-corrected chi connectivity index (χ1v) is 8.50. The lowest BCUT2D eigenvalue weighted by Crippen LogP contribution is -2.21. The van der Waals surface area contributed by atoms with Crippen molar-refractivity contribution in [3.63, 3.8) is 0 Å². The van der Waals surface area contributed by atoms with Crippen LogP contribution in [0.25, 0.3) is 0 Å². The van der Waals surface area contributed by atoms with Crippen LogP contribution in [0.15, 0.2) is 12.1 Å². The zero-order chi connectivity index (χ0) is 15.1. The maximum Gasteiger partial charge on any atom is 0.311 e. The fourth-order valence-electron chi connectivity index (χ4n) is 2.26. The van der Waals surface area contributed by atoms with Gasteiger partial charge in [-0.25, -0.2) is 4.98 Å². The highest BCUT2D eigenvalue weighted by molar-refractivity contribution is 7.99. The molecule has 0 saturated carbocycles. The molecule has 0 bridgehead atoms. The third kappa shape index (κ3) is 4.77. The summed E-state index contributed by atoms with van der Waals surface area (Å²) in [6, 6.07) is 3.18. The Morgan fingerprint density at radius 3 is 2.95 bits per heavy atom. The molecule has 0 spiro atoms. The second-order valence-corrected chi connectivity index (χ2v) is 6.53. The van der Waals surface area contributed by atoms with Crippen molar-refractivity contribution in [1.29, 1.82) is 0 Å². The van der Waals surface area contributed by atoms with E-state index in [-0.39, 0.29) is 10.6 Å². The first-order chi connectivity index (χ1) is 10.2. The Morgan fingerprint density at radius 2 is 2.29 bits per heavy atom. The molecule has 0 radical (unpaired) electrons. The molecule has 1 aliphatic heterocycles. The van der Waals surface area contributed by atoms with Crippen molar-refractivity contribution in [3.8, 4) is 0 Å². The predicted molar refractivity (Wildman–Crippen MR) is 88.3 cm³/mol. The van der Waals surface area contributed by atoms with E-state index >= 15 is 0 Å². The summed E-state index contributed by atoms with van der Waals surface area (Å²) in [7, 11) is 0. The maximum atomic E-state index is 11.1. The van der Waals surface area contributed by atoms with E-state index < -0.39 is 0 Å². The zero-order valence-corrected chi connectivity index (χ0v) is 13.1. The van der Waals surface area contributed by atoms with Crippen molar-refractivity contribution in [2.75, 3.05) is 29.5 Å². The highest BCUT2D eigenvalue weighted by atomic mass is 32.2. The minimum atomic E-state index is -0.382. The van der Waals surface area contributed by atoms with Gasteiger partial charge in [0, 0.05) is 24.4 Å². The molecule has 6 nitrogen and oxygen atoms in total. The van der Waals surface area contributed by atoms with Crippen LogP contribution < -0.4 is 10.6 Å². The summed E-state index contributed by atoms with van der Waals surface area (Å²) in [5, 5.41) is 17.9. The molecule has 0 amide bonds. The molecule has 1 aromatic rings. The summed E-state index contributed by atoms with van der Waals surface area (Å²) >= 11 is 1.94. The van der Waals surface area contributed by atoms with Crippen molar-refractivity contribution in [2.24, 2.45) is 0 Å². The summed E-state index contributed by atoms with van der Waals surface area (Å²) in [6.07, 6.45) is 4.67. The van der Waals surface area contributed by atoms with Crippen LogP contribution in [-0.4, -0.2) is 34.0 Å². The molecular weight excluding hydrogens is 288 g/mol. The van der Waals surface area contributed by atoms with Gasteiger partial charge in [-0.1, -0.05) is 13.3 Å². The molecule has 1 aliphatic rings. The van der Waals surface area contributed by atoms with E-state index in [1.165, 1.54) is 31.1 Å². The minimum absolute atomic E-state index is 0.0397. The van der Waals surface area contributed by atoms with Crippen LogP contribution in [0.2, 0.25) is 0 Å². The number of pyridine rings is 1. The molecule has 1 aromatic heterocycles. The SMILES string of the molecule is CCCNc1ccc([N+](=O)[O-])c(NCC2CCCCS2)n1. The van der Waals surface area contributed by atoms with Gasteiger partial charge in [-0.05, 0) is 31.1 Å². The third-order valence-electron chi connectivity index (χ3n) is 3.40. The average molecular weight is 310 g/mol. The molecule has 7 heteroatoms. The van der Waals surface area contributed by atoms with Gasteiger partial charge in [0.05, 0.1) is 4.92 Å². The average Bonchev–Trinajstić information content (AvgIpc) is 2.51. The van der Waals surface area contributed by atoms with E-state index in [1.807, 2.05) is 11.8 Å². The summed E-state index contributed by atoms with van der Waals surface area (Å²) in [5.74, 6) is 2.23. The van der Waals surface area contributed by atoms with Crippen molar-refractivity contribution < 1.29 is 4.92 Å². The van der Waals surface area contributed by atoms with Gasteiger partial charge in [-0.15, -0.1) is 0 Å². The van der Waals surface area contributed by atoms with Crippen LogP contribution >= 0.6 is 11.8 Å². The van der Waals surface area contributed by atoms with Crippen molar-refractivity contribution in [1.82, 2.24) is 4.98 Å². The number of anilines is 2. The Bertz CT molecular complexity index is 478. The molecule has 2 heterocycles. The standard InChI is InChI=1S/C14H22N4O2S/c1-2-8-15-13-7-6-12(18(19)20)14(17-13)16-10-11-5-3-4-9-21-11/h6-7,11H,2-5,8-10H2,1H3,(H2,15,16,17). The number of rotatable bonds is 7. The van der Waals surface area contributed by atoms with Crippen molar-refractivity contribution in [3.05, 3.63) is 22.2 Å². The lowest BCUT2D eigenvalue weighted by Gasteiger charge is -2.21. The van der Waals surface area contributed by atoms with Crippen LogP contribution in [0.4, 0.5) is 17.3 Å². The third-order valence-corrected chi connectivity index (χ3v) is 4.80. The van der Waals surface area contributed by atoms with Gasteiger partial charge >= 0.3 is 5.69 Å². The fourth-order valence-corrected chi connectivity index (χ4v) is 3.50. The molecule has 1 unspecified atom stereocenters. The Balaban J connectivity index is 2.04. The molecule has 1 atom stereocenters. The maximum absolute atomic E-state index is 11.1. The van der Waals surface area contributed by atoms with E-state index in [9.17, 15) is 10.1 Å². The van der Waals surface area contributed by atoms with Gasteiger partial charge in [-0.3, -0.25) is 10.1 Å². The van der Waals surface area contributed by atoms with Crippen LogP contribution in [0.5, 0.6) is 0 Å². The second-order valence-electron chi connectivity index (χ2n) is 5.12. The Kier molecular flexibility index (Phi) is 6.10. The number of hydrogen-bond acceptors (Lipinski definition) is 6. The molecule has 21 heavy (non-hydrogen) atoms. The van der Waals surface area contributed by atoms with E-state index in [1.54, 1.807) is 6.07 Å². The number of aromatic nitrogens is 1. The number of thioether (sulfide) groups is 1. The van der Waals surface area contributed by atoms with Crippen LogP contribution in [0.1, 0.15) is 32.6 Å². The number of hydrogen-bond donors (Lipinski definition) is 2. The van der Waals surface area contributed by atoms with E-state index in [0.29, 0.717) is 16.9 Å². The summed E-state index contributed by atoms with van der Waals surface area (Å²) in [6.45, 7) is 3.61. The normalized spacial score (nSPS) is 18.2. The van der Waals surface area contributed by atoms with Gasteiger partial charge in [0.15, 0.2) is 0 Å². The fraction of sp³-hybridized carbons (Fsp3) is 0.643. The second kappa shape index (κ2) is 8.07. The molecule has 2 rings (SSSR count). The number of nitrogens with zero attached hydrogens (tertiary/aromatic N) is 2. The molecule has 116 valence electrons. The molecule has 1 fully saturated rings. The van der Waals surface area contributed by atoms with Gasteiger partial charge in [0.25, 0.3) is 0 Å². The van der Waals surface area contributed by atoms with Crippen molar-refractivity contribution >= 4 is 29.1 Å². The predicted octanol–water partition coefficient (Wildman–Crippen LogP) is 3.51. The quantitative estimate of drug-likeness (QED) is 0.592. The lowest BCUT2D eigenvalue weighted by molar-refractivity contribution is -0.384. The molecule has 1 saturated heterocycles. The number of nitrogens with one attached hydrogen (secondary N) is 2. The monoisotopic (exact) mass is 310 g/mol. The Morgan fingerprint density at radius 1 is 1.43 bits per heavy atom.